The van der Waals surface area contributed by atoms with Gasteiger partial charge in [0.15, 0.2) is 0 Å². The van der Waals surface area contributed by atoms with Gasteiger partial charge < -0.3 is 37.8 Å². The molecule has 2 N–H and O–H groups in total. The predicted molar refractivity (Wildman–Crippen MR) is 222 cm³/mol. The maximum Gasteiger partial charge on any atom is 0.330 e. The number of aryl methyl sites for hydroxylation is 1. The van der Waals surface area contributed by atoms with E-state index in [1.807, 2.05) is 54.6 Å². The maximum atomic E-state index is 13.3. The first-order valence-electron chi connectivity index (χ1n) is 19.5. The number of aromatic nitrogens is 2. The second-order valence-electron chi connectivity index (χ2n) is 13.9. The van der Waals surface area contributed by atoms with Gasteiger partial charge in [-0.25, -0.2) is 4.79 Å². The molecule has 1 unspecified atom stereocenters. The molecule has 5 aromatic rings. The summed E-state index contributed by atoms with van der Waals surface area (Å²) >= 11 is 0. The summed E-state index contributed by atoms with van der Waals surface area (Å²) in [5.41, 5.74) is -0.573. The molecule has 1 aromatic heterocycles. The minimum Gasteiger partial charge on any atom is -0.746 e. The largest absolute Gasteiger partial charge is 0.746 e. The number of rotatable bonds is 17. The van der Waals surface area contributed by atoms with Crippen molar-refractivity contribution in [1.82, 2.24) is 9.55 Å². The van der Waals surface area contributed by atoms with Crippen LogP contribution in [0.5, 0.6) is 17.2 Å². The average Bonchev–Trinajstić information content (AvgIpc) is 3.65. The molecule has 1 saturated heterocycles. The Balaban J connectivity index is 0.000000896. The van der Waals surface area contributed by atoms with Crippen LogP contribution in [0, 0.1) is 17.0 Å². The summed E-state index contributed by atoms with van der Waals surface area (Å²) in [6.45, 7) is 11.7. The molecule has 0 bridgehead atoms. The Labute approximate surface area is 348 Å². The number of nitro benzene ring substituents is 1. The molecule has 2 heterocycles. The molecule has 0 radical (unpaired) electrons. The van der Waals surface area contributed by atoms with Crippen LogP contribution in [-0.4, -0.2) is 67.1 Å². The number of ether oxygens (including phenoxy) is 4. The lowest BCUT2D eigenvalue weighted by molar-refractivity contribution is -0.894. The van der Waals surface area contributed by atoms with Crippen LogP contribution in [0.15, 0.2) is 119 Å². The standard InChI is InChI=1S/C37H36N3O12P.C6H15N/c1-24-22-39(36(42)38-35(24)41)34-21-32(52-53(45,46)51-31-19-13-28(14-20-31)40(43)44)33(50-34)23-49-37(25-7-5-4-6-8-25,26-9-15-29(47-2)16-10-26)27-11-17-30(48-3)18-12-27;1-4-7(5-2)6-3/h4-20,22,32-34H,21,23H2,1-3H3,(H,45,46)(H,38,41,42);4-6H2,1-3H3/t32-,33+,34+;/m0./s1. The summed E-state index contributed by atoms with van der Waals surface area (Å²) in [4.78, 5) is 52.8. The van der Waals surface area contributed by atoms with Crippen LogP contribution in [0.25, 0.3) is 0 Å². The highest BCUT2D eigenvalue weighted by Crippen LogP contribution is 2.47. The molecule has 320 valence electrons. The lowest BCUT2D eigenvalue weighted by atomic mass is 9.80. The molecule has 0 aliphatic carbocycles. The van der Waals surface area contributed by atoms with Crippen molar-refractivity contribution in [3.05, 3.63) is 163 Å². The maximum absolute atomic E-state index is 13.3. The third-order valence-electron chi connectivity index (χ3n) is 10.3. The van der Waals surface area contributed by atoms with E-state index in [0.29, 0.717) is 22.6 Å². The number of quaternary nitrogens is 1. The van der Waals surface area contributed by atoms with Crippen molar-refractivity contribution in [3.8, 4) is 17.2 Å². The SMILES string of the molecule is CC[NH+](CC)CC.COc1ccc(C(OC[C@H]2O[C@@H](n3cc(C)c(=O)[nH]c3=O)C[C@@H]2OP(=O)([O-])Oc2ccc([N+](=O)[O-])cc2)(c2ccccc2)c2ccc(OC)cc2)cc1. The number of non-ortho nitro benzene ring substituents is 1. The van der Waals surface area contributed by atoms with Gasteiger partial charge in [0.05, 0.1) is 51.5 Å². The second-order valence-corrected chi connectivity index (χ2v) is 15.2. The van der Waals surface area contributed by atoms with Crippen LogP contribution in [0.1, 0.15) is 55.7 Å². The molecule has 1 fully saturated rings. The number of phosphoric acid groups is 1. The van der Waals surface area contributed by atoms with E-state index in [1.54, 1.807) is 43.4 Å². The van der Waals surface area contributed by atoms with Crippen LogP contribution < -0.4 is 35.0 Å². The number of nitrogens with zero attached hydrogens (tertiary/aromatic N) is 2. The highest BCUT2D eigenvalue weighted by molar-refractivity contribution is 7.46. The van der Waals surface area contributed by atoms with Gasteiger partial charge in [0.1, 0.15) is 35.2 Å². The van der Waals surface area contributed by atoms with Gasteiger partial charge in [-0.1, -0.05) is 54.6 Å². The lowest BCUT2D eigenvalue weighted by Gasteiger charge is -2.37. The molecule has 0 spiro atoms. The number of H-pyrrole nitrogens is 1. The molecule has 0 amide bonds. The molecular weight excluding hydrogens is 795 g/mol. The topological polar surface area (TPSA) is 198 Å². The van der Waals surface area contributed by atoms with Crippen molar-refractivity contribution in [1.29, 1.82) is 0 Å². The van der Waals surface area contributed by atoms with E-state index in [1.165, 1.54) is 32.8 Å². The van der Waals surface area contributed by atoms with E-state index >= 15 is 0 Å². The van der Waals surface area contributed by atoms with Gasteiger partial charge >= 0.3 is 13.5 Å². The number of phosphoric ester groups is 1. The van der Waals surface area contributed by atoms with E-state index in [-0.39, 0.29) is 30.0 Å². The summed E-state index contributed by atoms with van der Waals surface area (Å²) in [6, 6.07) is 28.4. The number of aromatic amines is 1. The molecule has 16 nitrogen and oxygen atoms in total. The molecule has 4 atom stereocenters. The summed E-state index contributed by atoms with van der Waals surface area (Å²) < 4.78 is 49.3. The van der Waals surface area contributed by atoms with Crippen molar-refractivity contribution in [2.75, 3.05) is 40.5 Å². The third kappa shape index (κ3) is 11.0. The number of hydrogen-bond acceptors (Lipinski definition) is 12. The first kappa shape index (κ1) is 45.5. The minimum atomic E-state index is -5.17. The number of hydrogen-bond donors (Lipinski definition) is 2. The van der Waals surface area contributed by atoms with Crippen molar-refractivity contribution in [2.45, 2.75) is 58.2 Å². The summed E-state index contributed by atoms with van der Waals surface area (Å²) in [7, 11) is -2.06. The first-order valence-corrected chi connectivity index (χ1v) is 21.0. The quantitative estimate of drug-likeness (QED) is 0.0555. The Hall–Kier alpha value is -5.61. The van der Waals surface area contributed by atoms with Gasteiger partial charge in [0.2, 0.25) is 0 Å². The molecular formula is C43H51N4O12P. The number of nitro groups is 1. The molecule has 17 heteroatoms. The van der Waals surface area contributed by atoms with Gasteiger partial charge in [0.25, 0.3) is 11.2 Å². The first-order chi connectivity index (χ1) is 28.8. The van der Waals surface area contributed by atoms with Crippen LogP contribution in [0.4, 0.5) is 5.69 Å². The Morgan fingerprint density at radius 3 is 1.83 bits per heavy atom. The van der Waals surface area contributed by atoms with Gasteiger partial charge in [-0.3, -0.25) is 29.0 Å². The normalized spacial score (nSPS) is 17.3. The highest BCUT2D eigenvalue weighted by atomic mass is 31.2. The van der Waals surface area contributed by atoms with Gasteiger partial charge in [-0.05, 0) is 80.8 Å². The molecule has 6 rings (SSSR count). The van der Waals surface area contributed by atoms with Crippen LogP contribution in [-0.2, 0) is 24.2 Å². The van der Waals surface area contributed by atoms with E-state index in [9.17, 15) is 29.2 Å². The zero-order chi connectivity index (χ0) is 43.5. The van der Waals surface area contributed by atoms with Gasteiger partial charge in [0, 0.05) is 30.3 Å². The number of methoxy groups -OCH3 is 2. The summed E-state index contributed by atoms with van der Waals surface area (Å²) in [5.74, 6) is 1.01. The predicted octanol–water partition coefficient (Wildman–Crippen LogP) is 4.93. The Kier molecular flexibility index (Phi) is 15.6. The van der Waals surface area contributed by atoms with Crippen molar-refractivity contribution in [3.63, 3.8) is 0 Å². The molecule has 1 aliphatic heterocycles. The Morgan fingerprint density at radius 2 is 1.35 bits per heavy atom. The van der Waals surface area contributed by atoms with Crippen molar-refractivity contribution in [2.24, 2.45) is 0 Å². The van der Waals surface area contributed by atoms with Crippen molar-refractivity contribution < 1.29 is 47.3 Å². The van der Waals surface area contributed by atoms with E-state index < -0.39 is 48.0 Å². The lowest BCUT2D eigenvalue weighted by Crippen LogP contribution is -3.11. The zero-order valence-electron chi connectivity index (χ0n) is 34.4. The smallest absolute Gasteiger partial charge is 0.330 e. The monoisotopic (exact) mass is 846 g/mol. The van der Waals surface area contributed by atoms with Crippen molar-refractivity contribution >= 4 is 13.5 Å². The van der Waals surface area contributed by atoms with Gasteiger partial charge in [-0.2, -0.15) is 0 Å². The molecule has 1 aliphatic rings. The molecule has 60 heavy (non-hydrogen) atoms. The Morgan fingerprint density at radius 1 is 0.833 bits per heavy atom. The zero-order valence-corrected chi connectivity index (χ0v) is 35.3. The fourth-order valence-electron chi connectivity index (χ4n) is 6.91. The summed E-state index contributed by atoms with van der Waals surface area (Å²) in [5, 5.41) is 11.1. The fourth-order valence-corrected chi connectivity index (χ4v) is 7.89. The van der Waals surface area contributed by atoms with Crippen LogP contribution in [0.2, 0.25) is 0 Å². The second kappa shape index (κ2) is 20.6. The number of nitrogens with one attached hydrogen (secondary N) is 2. The average molecular weight is 847 g/mol. The summed E-state index contributed by atoms with van der Waals surface area (Å²) in [6.07, 6.45) is -2.32. The third-order valence-corrected chi connectivity index (χ3v) is 11.3. The van der Waals surface area contributed by atoms with E-state index in [0.717, 1.165) is 34.4 Å². The Bertz CT molecular complexity index is 2260. The van der Waals surface area contributed by atoms with E-state index in [4.69, 9.17) is 28.0 Å². The van der Waals surface area contributed by atoms with E-state index in [2.05, 4.69) is 25.8 Å². The number of benzene rings is 4. The fraction of sp³-hybridized carbons (Fsp3) is 0.349. The minimum absolute atomic E-state index is 0.168. The van der Waals surface area contributed by atoms with Crippen LogP contribution in [0.3, 0.4) is 0 Å². The molecule has 0 saturated carbocycles. The highest BCUT2D eigenvalue weighted by Gasteiger charge is 2.44. The van der Waals surface area contributed by atoms with Gasteiger partial charge in [-0.15, -0.1) is 0 Å². The van der Waals surface area contributed by atoms with Crippen LogP contribution >= 0.6 is 7.82 Å². The molecule has 4 aromatic carbocycles.